The number of ether oxygens (including phenoxy) is 1. The van der Waals surface area contributed by atoms with Crippen molar-refractivity contribution in [1.29, 1.82) is 0 Å². The summed E-state index contributed by atoms with van der Waals surface area (Å²) in [7, 11) is 1.58. The van der Waals surface area contributed by atoms with Gasteiger partial charge in [-0.1, -0.05) is 5.16 Å². The first kappa shape index (κ1) is 13.8. The molecule has 0 amide bonds. The van der Waals surface area contributed by atoms with Crippen molar-refractivity contribution in [2.75, 3.05) is 20.2 Å². The quantitative estimate of drug-likeness (QED) is 0.923. The molecule has 6 nitrogen and oxygen atoms in total. The fraction of sp³-hybridized carbons (Fsp3) is 0.417. The van der Waals surface area contributed by atoms with E-state index in [2.05, 4.69) is 20.4 Å². The number of halogens is 1. The van der Waals surface area contributed by atoms with E-state index in [-0.39, 0.29) is 12.4 Å². The lowest BCUT2D eigenvalue weighted by Gasteiger charge is -1.99. The van der Waals surface area contributed by atoms with Crippen LogP contribution in [0.2, 0.25) is 0 Å². The molecule has 1 aliphatic heterocycles. The third-order valence-corrected chi connectivity index (χ3v) is 3.05. The standard InChI is InChI=1S/C12H14N4O2.ClH/c1-17-10-3-2-8(7-14-10)11-15-12(18-16-11)9-4-5-13-6-9;/h2-3,7,9,13H,4-6H2,1H3;1H/t9-;/m0./s1. The van der Waals surface area contributed by atoms with E-state index in [0.717, 1.165) is 25.1 Å². The Morgan fingerprint density at radius 2 is 2.32 bits per heavy atom. The topological polar surface area (TPSA) is 73.1 Å². The molecule has 2 aromatic heterocycles. The average molecular weight is 283 g/mol. The van der Waals surface area contributed by atoms with Crippen molar-refractivity contribution in [2.45, 2.75) is 12.3 Å². The number of nitrogens with one attached hydrogen (secondary N) is 1. The molecule has 19 heavy (non-hydrogen) atoms. The lowest BCUT2D eigenvalue weighted by atomic mass is 10.1. The van der Waals surface area contributed by atoms with E-state index in [1.165, 1.54) is 0 Å². The minimum Gasteiger partial charge on any atom is -0.481 e. The summed E-state index contributed by atoms with van der Waals surface area (Å²) in [5.41, 5.74) is 0.830. The van der Waals surface area contributed by atoms with E-state index in [1.807, 2.05) is 6.07 Å². The second kappa shape index (κ2) is 5.99. The zero-order valence-electron chi connectivity index (χ0n) is 10.5. The summed E-state index contributed by atoms with van der Waals surface area (Å²) in [4.78, 5) is 8.54. The Bertz CT molecular complexity index is 523. The maximum atomic E-state index is 5.30. The summed E-state index contributed by atoms with van der Waals surface area (Å²) in [5.74, 6) is 2.18. The van der Waals surface area contributed by atoms with Crippen LogP contribution < -0.4 is 10.1 Å². The Balaban J connectivity index is 0.00000133. The highest BCUT2D eigenvalue weighted by Gasteiger charge is 2.23. The molecule has 0 unspecified atom stereocenters. The molecule has 102 valence electrons. The fourth-order valence-corrected chi connectivity index (χ4v) is 2.02. The summed E-state index contributed by atoms with van der Waals surface area (Å²) in [6.45, 7) is 1.91. The number of rotatable bonds is 3. The van der Waals surface area contributed by atoms with Crippen molar-refractivity contribution in [2.24, 2.45) is 0 Å². The highest BCUT2D eigenvalue weighted by molar-refractivity contribution is 5.85. The monoisotopic (exact) mass is 282 g/mol. The largest absolute Gasteiger partial charge is 0.481 e. The Morgan fingerprint density at radius 1 is 1.42 bits per heavy atom. The Labute approximate surface area is 117 Å². The van der Waals surface area contributed by atoms with Crippen LogP contribution in [0.3, 0.4) is 0 Å². The van der Waals surface area contributed by atoms with Gasteiger partial charge < -0.3 is 14.6 Å². The molecule has 3 rings (SSSR count). The van der Waals surface area contributed by atoms with Crippen LogP contribution in [0.1, 0.15) is 18.2 Å². The number of nitrogens with zero attached hydrogens (tertiary/aromatic N) is 3. The van der Waals surface area contributed by atoms with Gasteiger partial charge in [-0.3, -0.25) is 0 Å². The van der Waals surface area contributed by atoms with Gasteiger partial charge in [0.1, 0.15) is 0 Å². The van der Waals surface area contributed by atoms with Crippen LogP contribution in [0.5, 0.6) is 5.88 Å². The fourth-order valence-electron chi connectivity index (χ4n) is 2.02. The number of hydrogen-bond donors (Lipinski definition) is 1. The highest BCUT2D eigenvalue weighted by atomic mass is 35.5. The minimum absolute atomic E-state index is 0. The Morgan fingerprint density at radius 3 is 2.95 bits per heavy atom. The van der Waals surface area contributed by atoms with Crippen LogP contribution >= 0.6 is 12.4 Å². The molecular weight excluding hydrogens is 268 g/mol. The molecule has 1 N–H and O–H groups in total. The van der Waals surface area contributed by atoms with Crippen LogP contribution in [0.25, 0.3) is 11.4 Å². The van der Waals surface area contributed by atoms with E-state index in [1.54, 1.807) is 19.4 Å². The second-order valence-corrected chi connectivity index (χ2v) is 4.24. The van der Waals surface area contributed by atoms with E-state index >= 15 is 0 Å². The van der Waals surface area contributed by atoms with Gasteiger partial charge in [0.05, 0.1) is 13.0 Å². The number of aromatic nitrogens is 3. The molecular formula is C12H15ClN4O2. The van der Waals surface area contributed by atoms with Crippen molar-refractivity contribution in [3.8, 4) is 17.3 Å². The molecule has 0 aromatic carbocycles. The van der Waals surface area contributed by atoms with E-state index in [9.17, 15) is 0 Å². The first-order valence-electron chi connectivity index (χ1n) is 5.91. The van der Waals surface area contributed by atoms with Gasteiger partial charge in [-0.15, -0.1) is 12.4 Å². The van der Waals surface area contributed by atoms with Crippen LogP contribution in [-0.4, -0.2) is 35.3 Å². The normalized spacial score (nSPS) is 18.1. The zero-order valence-corrected chi connectivity index (χ0v) is 11.3. The Hall–Kier alpha value is -1.66. The van der Waals surface area contributed by atoms with Crippen LogP contribution in [0.4, 0.5) is 0 Å². The first-order valence-corrected chi connectivity index (χ1v) is 5.91. The van der Waals surface area contributed by atoms with Gasteiger partial charge in [-0.25, -0.2) is 4.98 Å². The van der Waals surface area contributed by atoms with Crippen LogP contribution in [0.15, 0.2) is 22.9 Å². The number of hydrogen-bond acceptors (Lipinski definition) is 6. The van der Waals surface area contributed by atoms with Crippen molar-refractivity contribution in [3.63, 3.8) is 0 Å². The molecule has 7 heteroatoms. The van der Waals surface area contributed by atoms with Crippen molar-refractivity contribution in [1.82, 2.24) is 20.4 Å². The molecule has 0 spiro atoms. The molecule has 0 aliphatic carbocycles. The lowest BCUT2D eigenvalue weighted by molar-refractivity contribution is 0.359. The van der Waals surface area contributed by atoms with Crippen LogP contribution in [-0.2, 0) is 0 Å². The van der Waals surface area contributed by atoms with Crippen molar-refractivity contribution >= 4 is 12.4 Å². The van der Waals surface area contributed by atoms with Gasteiger partial charge in [0.15, 0.2) is 0 Å². The van der Waals surface area contributed by atoms with Gasteiger partial charge in [0, 0.05) is 24.4 Å². The van der Waals surface area contributed by atoms with Crippen molar-refractivity contribution < 1.29 is 9.26 Å². The maximum absolute atomic E-state index is 5.30. The third kappa shape index (κ3) is 2.85. The number of methoxy groups -OCH3 is 1. The smallest absolute Gasteiger partial charge is 0.231 e. The minimum atomic E-state index is 0. The van der Waals surface area contributed by atoms with Gasteiger partial charge in [0.25, 0.3) is 0 Å². The SMILES string of the molecule is COc1ccc(-c2noc([C@H]3CCNC3)n2)cn1.Cl. The van der Waals surface area contributed by atoms with Crippen molar-refractivity contribution in [3.05, 3.63) is 24.2 Å². The molecule has 1 fully saturated rings. The summed E-state index contributed by atoms with van der Waals surface area (Å²) < 4.78 is 10.3. The van der Waals surface area contributed by atoms with Gasteiger partial charge in [0.2, 0.25) is 17.6 Å². The lowest BCUT2D eigenvalue weighted by Crippen LogP contribution is -2.08. The molecule has 0 radical (unpaired) electrons. The third-order valence-electron chi connectivity index (χ3n) is 3.05. The Kier molecular flexibility index (Phi) is 4.34. The summed E-state index contributed by atoms with van der Waals surface area (Å²) in [5, 5.41) is 7.27. The zero-order chi connectivity index (χ0) is 12.4. The molecule has 1 aliphatic rings. The molecule has 1 saturated heterocycles. The van der Waals surface area contributed by atoms with Crippen LogP contribution in [0, 0.1) is 0 Å². The summed E-state index contributed by atoms with van der Waals surface area (Å²) in [6, 6.07) is 3.65. The number of pyridine rings is 1. The molecule has 1 atom stereocenters. The first-order chi connectivity index (χ1) is 8.86. The van der Waals surface area contributed by atoms with E-state index in [4.69, 9.17) is 9.26 Å². The van der Waals surface area contributed by atoms with Gasteiger partial charge >= 0.3 is 0 Å². The van der Waals surface area contributed by atoms with Gasteiger partial charge in [-0.05, 0) is 19.0 Å². The second-order valence-electron chi connectivity index (χ2n) is 4.24. The summed E-state index contributed by atoms with van der Waals surface area (Å²) >= 11 is 0. The molecule has 2 aromatic rings. The average Bonchev–Trinajstić information content (AvgIpc) is 3.09. The predicted octanol–water partition coefficient (Wildman–Crippen LogP) is 1.64. The van der Waals surface area contributed by atoms with E-state index < -0.39 is 0 Å². The highest BCUT2D eigenvalue weighted by Crippen LogP contribution is 2.23. The van der Waals surface area contributed by atoms with E-state index in [0.29, 0.717) is 23.5 Å². The maximum Gasteiger partial charge on any atom is 0.231 e. The molecule has 3 heterocycles. The predicted molar refractivity (Wildman–Crippen MR) is 71.6 cm³/mol. The molecule has 0 bridgehead atoms. The summed E-state index contributed by atoms with van der Waals surface area (Å²) in [6.07, 6.45) is 2.73. The molecule has 0 saturated carbocycles. The van der Waals surface area contributed by atoms with Gasteiger partial charge in [-0.2, -0.15) is 4.98 Å².